The molecule has 2 aliphatic heterocycles. The van der Waals surface area contributed by atoms with Crippen molar-refractivity contribution in [1.82, 2.24) is 9.62 Å². The van der Waals surface area contributed by atoms with Crippen molar-refractivity contribution in [2.24, 2.45) is 0 Å². The van der Waals surface area contributed by atoms with Crippen LogP contribution in [0.3, 0.4) is 0 Å². The maximum atomic E-state index is 13.1. The molecule has 2 heterocycles. The van der Waals surface area contributed by atoms with Gasteiger partial charge in [0.15, 0.2) is 0 Å². The number of nitrogens with one attached hydrogen (secondary N) is 3. The lowest BCUT2D eigenvalue weighted by Crippen LogP contribution is -2.40. The molecule has 0 aromatic heterocycles. The number of morpholine rings is 1. The Hall–Kier alpha value is -1.88. The van der Waals surface area contributed by atoms with E-state index in [2.05, 4.69) is 16.0 Å². The lowest BCUT2D eigenvalue weighted by atomic mass is 10.2. The summed E-state index contributed by atoms with van der Waals surface area (Å²) in [6, 6.07) is 5.24. The Kier molecular flexibility index (Phi) is 7.88. The molecule has 1 aromatic rings. The summed E-state index contributed by atoms with van der Waals surface area (Å²) in [4.78, 5) is 12.6. The molecule has 1 saturated carbocycles. The number of sulfonamides is 1. The van der Waals surface area contributed by atoms with E-state index in [1.54, 1.807) is 18.2 Å². The van der Waals surface area contributed by atoms with Crippen molar-refractivity contribution in [3.8, 4) is 0 Å². The number of rotatable bonds is 9. The average Bonchev–Trinajstić information content (AvgIpc) is 3.51. The number of hydrogen-bond donors (Lipinski definition) is 3. The molecule has 3 N–H and O–H groups in total. The Morgan fingerprint density at radius 2 is 1.78 bits per heavy atom. The first-order chi connectivity index (χ1) is 15.5. The monoisotopic (exact) mass is 466 g/mol. The number of amides is 1. The first-order valence-electron chi connectivity index (χ1n) is 11.6. The molecule has 3 aliphatic rings. The van der Waals surface area contributed by atoms with Crippen LogP contribution in [-0.4, -0.2) is 76.8 Å². The smallest absolute Gasteiger partial charge is 0.243 e. The Balaban J connectivity index is 1.47. The summed E-state index contributed by atoms with van der Waals surface area (Å²) in [5.74, 6) is -0.0802. The van der Waals surface area contributed by atoms with Crippen LogP contribution in [0, 0.1) is 0 Å². The minimum Gasteiger partial charge on any atom is -0.381 e. The van der Waals surface area contributed by atoms with Gasteiger partial charge in [0.2, 0.25) is 15.9 Å². The highest BCUT2D eigenvalue weighted by molar-refractivity contribution is 7.89. The Morgan fingerprint density at radius 3 is 2.50 bits per heavy atom. The molecule has 3 fully saturated rings. The van der Waals surface area contributed by atoms with Crippen molar-refractivity contribution < 1.29 is 22.7 Å². The van der Waals surface area contributed by atoms with E-state index < -0.39 is 10.0 Å². The largest absolute Gasteiger partial charge is 0.381 e. The SMILES string of the molecule is O=C(CNc1cc(S(=O)(=O)N2CCOCC2)ccc1NCC1CCCO1)NC1CCCC1. The molecule has 2 saturated heterocycles. The van der Waals surface area contributed by atoms with E-state index in [4.69, 9.17) is 9.47 Å². The molecular formula is C22H34N4O5S. The Morgan fingerprint density at radius 1 is 1.00 bits per heavy atom. The van der Waals surface area contributed by atoms with Crippen LogP contribution < -0.4 is 16.0 Å². The second-order valence-electron chi connectivity index (χ2n) is 8.64. The summed E-state index contributed by atoms with van der Waals surface area (Å²) in [6.45, 7) is 2.97. The van der Waals surface area contributed by atoms with Crippen molar-refractivity contribution in [2.75, 3.05) is 56.6 Å². The van der Waals surface area contributed by atoms with Crippen molar-refractivity contribution >= 4 is 27.3 Å². The third-order valence-electron chi connectivity index (χ3n) is 6.30. The summed E-state index contributed by atoms with van der Waals surface area (Å²) < 4.78 is 38.6. The van der Waals surface area contributed by atoms with E-state index in [0.29, 0.717) is 38.5 Å². The number of hydrogen-bond acceptors (Lipinski definition) is 7. The molecule has 32 heavy (non-hydrogen) atoms. The van der Waals surface area contributed by atoms with Crippen LogP contribution in [-0.2, 0) is 24.3 Å². The van der Waals surface area contributed by atoms with Gasteiger partial charge in [0, 0.05) is 32.3 Å². The lowest BCUT2D eigenvalue weighted by Gasteiger charge is -2.26. The van der Waals surface area contributed by atoms with Gasteiger partial charge in [-0.1, -0.05) is 12.8 Å². The third-order valence-corrected chi connectivity index (χ3v) is 8.20. The van der Waals surface area contributed by atoms with Crippen LogP contribution in [0.1, 0.15) is 38.5 Å². The molecule has 4 rings (SSSR count). The second kappa shape index (κ2) is 10.8. The van der Waals surface area contributed by atoms with Gasteiger partial charge in [0.1, 0.15) is 0 Å². The molecule has 178 valence electrons. The maximum Gasteiger partial charge on any atom is 0.243 e. The zero-order valence-corrected chi connectivity index (χ0v) is 19.3. The number of benzene rings is 1. The minimum absolute atomic E-state index is 0.0802. The normalized spacial score (nSPS) is 22.7. The summed E-state index contributed by atoms with van der Waals surface area (Å²) in [5.41, 5.74) is 1.36. The van der Waals surface area contributed by atoms with Crippen LogP contribution in [0.2, 0.25) is 0 Å². The summed E-state index contributed by atoms with van der Waals surface area (Å²) >= 11 is 0. The van der Waals surface area contributed by atoms with Gasteiger partial charge in [-0.05, 0) is 43.9 Å². The van der Waals surface area contributed by atoms with Crippen LogP contribution in [0.15, 0.2) is 23.1 Å². The number of carbonyl (C=O) groups excluding carboxylic acids is 1. The third kappa shape index (κ3) is 5.92. The zero-order chi connectivity index (χ0) is 22.4. The summed E-state index contributed by atoms with van der Waals surface area (Å²) in [7, 11) is -3.63. The molecule has 9 nitrogen and oxygen atoms in total. The van der Waals surface area contributed by atoms with E-state index in [9.17, 15) is 13.2 Å². The van der Waals surface area contributed by atoms with Crippen molar-refractivity contribution in [2.45, 2.75) is 55.6 Å². The van der Waals surface area contributed by atoms with Gasteiger partial charge in [0.05, 0.1) is 42.1 Å². The molecule has 1 amide bonds. The van der Waals surface area contributed by atoms with E-state index in [-0.39, 0.29) is 29.5 Å². The molecule has 0 bridgehead atoms. The first-order valence-corrected chi connectivity index (χ1v) is 13.1. The number of anilines is 2. The van der Waals surface area contributed by atoms with Gasteiger partial charge in [0.25, 0.3) is 0 Å². The fourth-order valence-electron chi connectivity index (χ4n) is 4.47. The molecule has 1 atom stereocenters. The van der Waals surface area contributed by atoms with Crippen LogP contribution in [0.5, 0.6) is 0 Å². The number of nitrogens with zero attached hydrogens (tertiary/aromatic N) is 1. The molecule has 0 spiro atoms. The van der Waals surface area contributed by atoms with Gasteiger partial charge in [-0.3, -0.25) is 4.79 Å². The van der Waals surface area contributed by atoms with Crippen molar-refractivity contribution in [3.05, 3.63) is 18.2 Å². The molecular weight excluding hydrogens is 432 g/mol. The molecule has 1 aromatic carbocycles. The van der Waals surface area contributed by atoms with Crippen LogP contribution in [0.4, 0.5) is 11.4 Å². The number of ether oxygens (including phenoxy) is 2. The topological polar surface area (TPSA) is 109 Å². The van der Waals surface area contributed by atoms with Gasteiger partial charge >= 0.3 is 0 Å². The summed E-state index contributed by atoms with van der Waals surface area (Å²) in [5, 5.41) is 9.58. The standard InChI is InChI=1S/C22H34N4O5S/c27-22(25-17-4-1-2-5-17)16-24-21-14-19(32(28,29)26-9-12-30-13-10-26)7-8-20(21)23-15-18-6-3-11-31-18/h7-8,14,17-18,23-24H,1-6,9-13,15-16H2,(H,25,27). The second-order valence-corrected chi connectivity index (χ2v) is 10.6. The van der Waals surface area contributed by atoms with E-state index in [1.807, 2.05) is 0 Å². The molecule has 0 radical (unpaired) electrons. The molecule has 1 unspecified atom stereocenters. The fourth-order valence-corrected chi connectivity index (χ4v) is 5.91. The quantitative estimate of drug-likeness (QED) is 0.509. The van der Waals surface area contributed by atoms with E-state index in [1.165, 1.54) is 4.31 Å². The molecule has 10 heteroatoms. The zero-order valence-electron chi connectivity index (χ0n) is 18.5. The Bertz CT molecular complexity index is 876. The fraction of sp³-hybridized carbons (Fsp3) is 0.682. The van der Waals surface area contributed by atoms with Crippen LogP contribution in [0.25, 0.3) is 0 Å². The first kappa shape index (κ1) is 23.3. The molecule has 1 aliphatic carbocycles. The van der Waals surface area contributed by atoms with Gasteiger partial charge in [-0.15, -0.1) is 0 Å². The minimum atomic E-state index is -3.63. The van der Waals surface area contributed by atoms with Gasteiger partial charge < -0.3 is 25.4 Å². The predicted octanol–water partition coefficient (Wildman–Crippen LogP) is 1.77. The highest BCUT2D eigenvalue weighted by Gasteiger charge is 2.27. The summed E-state index contributed by atoms with van der Waals surface area (Å²) in [6.07, 6.45) is 6.54. The highest BCUT2D eigenvalue weighted by Crippen LogP contribution is 2.28. The van der Waals surface area contributed by atoms with Crippen LogP contribution >= 0.6 is 0 Å². The maximum absolute atomic E-state index is 13.1. The van der Waals surface area contributed by atoms with Crippen molar-refractivity contribution in [1.29, 1.82) is 0 Å². The van der Waals surface area contributed by atoms with Gasteiger partial charge in [-0.25, -0.2) is 8.42 Å². The lowest BCUT2D eigenvalue weighted by molar-refractivity contribution is -0.120. The van der Waals surface area contributed by atoms with E-state index in [0.717, 1.165) is 50.8 Å². The average molecular weight is 467 g/mol. The van der Waals surface area contributed by atoms with Gasteiger partial charge in [-0.2, -0.15) is 4.31 Å². The van der Waals surface area contributed by atoms with Crippen molar-refractivity contribution in [3.63, 3.8) is 0 Å². The van der Waals surface area contributed by atoms with E-state index >= 15 is 0 Å². The Labute approximate surface area is 190 Å². The predicted molar refractivity (Wildman–Crippen MR) is 122 cm³/mol. The number of carbonyl (C=O) groups is 1. The highest BCUT2D eigenvalue weighted by atomic mass is 32.2.